The maximum absolute atomic E-state index is 11.1. The Balaban J connectivity index is 0. The third-order valence-electron chi connectivity index (χ3n) is 0.436. The molecule has 0 spiro atoms. The van der Waals surface area contributed by atoms with Crippen LogP contribution in [0.5, 0.6) is 0 Å². The predicted molar refractivity (Wildman–Crippen MR) is 20.3 cm³/mol. The summed E-state index contributed by atoms with van der Waals surface area (Å²) in [7, 11) is 0. The minimum absolute atomic E-state index is 0. The van der Waals surface area contributed by atoms with E-state index in [4.69, 9.17) is 0 Å². The van der Waals surface area contributed by atoms with E-state index in [0.717, 1.165) is 0 Å². The van der Waals surface area contributed by atoms with Gasteiger partial charge in [0.15, 0.2) is 0 Å². The summed E-state index contributed by atoms with van der Waals surface area (Å²) in [6.45, 7) is 2.91. The van der Waals surface area contributed by atoms with Crippen LogP contribution in [0.1, 0.15) is 13.8 Å². The van der Waals surface area contributed by atoms with Gasteiger partial charge in [-0.1, -0.05) is 13.8 Å². The molecule has 3 heteroatoms. The third-order valence-corrected chi connectivity index (χ3v) is 0.436. The molecule has 0 heterocycles. The van der Waals surface area contributed by atoms with Gasteiger partial charge in [0.1, 0.15) is 0 Å². The van der Waals surface area contributed by atoms with Crippen molar-refractivity contribution in [3.8, 4) is 0 Å². The van der Waals surface area contributed by atoms with Gasteiger partial charge in [0.2, 0.25) is 0 Å². The smallest absolute Gasteiger partial charge is 0.00377 e. The van der Waals surface area contributed by atoms with Crippen LogP contribution in [0, 0.1) is 12.3 Å². The topological polar surface area (TPSA) is 0 Å². The van der Waals surface area contributed by atoms with Gasteiger partial charge in [-0.3, -0.25) is 0 Å². The number of rotatable bonds is 1. The second-order valence-corrected chi connectivity index (χ2v) is 1.44. The second-order valence-electron chi connectivity index (χ2n) is 1.44. The quantitative estimate of drug-likeness (QED) is 0.644. The summed E-state index contributed by atoms with van der Waals surface area (Å²) in [6.07, 6.45) is -1.49. The largest absolute Gasteiger partial charge is 0.421 e. The van der Waals surface area contributed by atoms with Crippen molar-refractivity contribution in [2.45, 2.75) is 13.8 Å². The Morgan fingerprint density at radius 3 is 1.43 bits per heavy atom. The summed E-state index contributed by atoms with van der Waals surface area (Å²) in [5.41, 5.74) is 0. The molecule has 0 nitrogen and oxygen atoms in total. The molecule has 44 valence electrons. The predicted octanol–water partition coefficient (Wildman–Crippen LogP) is 2.07. The Morgan fingerprint density at radius 2 is 1.43 bits per heavy atom. The van der Waals surface area contributed by atoms with Crippen molar-refractivity contribution >= 4 is 0 Å². The zero-order valence-corrected chi connectivity index (χ0v) is 7.17. The zero-order chi connectivity index (χ0) is 5.15. The Bertz CT molecular complexity index is 30.7. The van der Waals surface area contributed by atoms with E-state index in [1.165, 1.54) is 13.8 Å². The van der Waals surface area contributed by atoms with Crippen LogP contribution in [0.25, 0.3) is 0 Å². The average molecular weight is 277 g/mol. The van der Waals surface area contributed by atoms with Crippen LogP contribution >= 0.6 is 0 Å². The standard InChI is InChI=1S/C4H7F2.W/c1-3(2)4(5)6;/h3H,1-2H3;/q-1;. The Morgan fingerprint density at radius 1 is 1.29 bits per heavy atom. The van der Waals surface area contributed by atoms with E-state index >= 15 is 0 Å². The maximum Gasteiger partial charge on any atom is 0.00377 e. The van der Waals surface area contributed by atoms with E-state index in [-0.39, 0.29) is 21.1 Å². The molecule has 0 aliphatic carbocycles. The molecule has 0 atom stereocenters. The molecule has 0 unspecified atom stereocenters. The molecule has 0 bridgehead atoms. The van der Waals surface area contributed by atoms with E-state index in [1.54, 1.807) is 0 Å². The number of halogens is 2. The minimum Gasteiger partial charge on any atom is -0.421 e. The van der Waals surface area contributed by atoms with Gasteiger partial charge in [-0.15, -0.1) is 5.92 Å². The summed E-state index contributed by atoms with van der Waals surface area (Å²) >= 11 is 0. The first kappa shape index (κ1) is 10.5. The van der Waals surface area contributed by atoms with Crippen molar-refractivity contribution < 1.29 is 29.8 Å². The molecule has 0 radical (unpaired) electrons. The van der Waals surface area contributed by atoms with Crippen LogP contribution in [-0.4, -0.2) is 0 Å². The van der Waals surface area contributed by atoms with Crippen molar-refractivity contribution in [2.24, 2.45) is 5.92 Å². The van der Waals surface area contributed by atoms with Crippen LogP contribution in [0.3, 0.4) is 0 Å². The summed E-state index contributed by atoms with van der Waals surface area (Å²) in [4.78, 5) is 0. The Labute approximate surface area is 56.6 Å². The van der Waals surface area contributed by atoms with Gasteiger partial charge < -0.3 is 8.78 Å². The number of hydrogen-bond acceptors (Lipinski definition) is 0. The van der Waals surface area contributed by atoms with Crippen LogP contribution in [-0.2, 0) is 21.1 Å². The van der Waals surface area contributed by atoms with Gasteiger partial charge in [0, 0.05) is 27.5 Å². The van der Waals surface area contributed by atoms with E-state index in [0.29, 0.717) is 0 Å². The van der Waals surface area contributed by atoms with E-state index in [9.17, 15) is 8.78 Å². The second kappa shape index (κ2) is 4.70. The van der Waals surface area contributed by atoms with Gasteiger partial charge in [0.25, 0.3) is 0 Å². The molecule has 0 saturated heterocycles. The van der Waals surface area contributed by atoms with Gasteiger partial charge in [0.05, 0.1) is 0 Å². The molecule has 0 rings (SSSR count). The first-order valence-electron chi connectivity index (χ1n) is 1.82. The summed E-state index contributed by atoms with van der Waals surface area (Å²) < 4.78 is 22.1. The van der Waals surface area contributed by atoms with E-state index in [1.807, 2.05) is 0 Å². The van der Waals surface area contributed by atoms with Crippen molar-refractivity contribution in [1.29, 1.82) is 0 Å². The van der Waals surface area contributed by atoms with Gasteiger partial charge in [-0.2, -0.15) is 0 Å². The first-order valence-corrected chi connectivity index (χ1v) is 1.82. The molecule has 0 saturated carbocycles. The summed E-state index contributed by atoms with van der Waals surface area (Å²) in [5.74, 6) is -0.565. The molecule has 0 aliphatic heterocycles. The fraction of sp³-hybridized carbons (Fsp3) is 0.750. The van der Waals surface area contributed by atoms with Crippen LogP contribution in [0.4, 0.5) is 8.78 Å². The zero-order valence-electron chi connectivity index (χ0n) is 4.24. The molecule has 0 amide bonds. The third kappa shape index (κ3) is 6.55. The molecule has 0 aromatic rings. The Hall–Kier alpha value is 0.548. The molecule has 0 aromatic heterocycles. The fourth-order valence-electron chi connectivity index (χ4n) is 0. The van der Waals surface area contributed by atoms with E-state index in [2.05, 4.69) is 0 Å². The van der Waals surface area contributed by atoms with Crippen molar-refractivity contribution in [1.82, 2.24) is 0 Å². The molecule has 0 N–H and O–H groups in total. The Kier molecular flexibility index (Phi) is 7.06. The van der Waals surface area contributed by atoms with Crippen LogP contribution < -0.4 is 0 Å². The number of hydrogen-bond donors (Lipinski definition) is 0. The maximum atomic E-state index is 11.1. The van der Waals surface area contributed by atoms with Crippen molar-refractivity contribution in [3.05, 3.63) is 6.43 Å². The molecular formula is C4H7F2W-. The summed E-state index contributed by atoms with van der Waals surface area (Å²) in [6, 6.07) is 0. The average Bonchev–Trinajstić information content (AvgIpc) is 1.36. The fourth-order valence-corrected chi connectivity index (χ4v) is 0. The molecule has 0 fully saturated rings. The molecular weight excluding hydrogens is 270 g/mol. The van der Waals surface area contributed by atoms with Crippen molar-refractivity contribution in [3.63, 3.8) is 0 Å². The first-order chi connectivity index (χ1) is 2.64. The van der Waals surface area contributed by atoms with Gasteiger partial charge in [-0.05, 0) is 0 Å². The van der Waals surface area contributed by atoms with Crippen LogP contribution in [0.2, 0.25) is 0 Å². The monoisotopic (exact) mass is 277 g/mol. The van der Waals surface area contributed by atoms with E-state index < -0.39 is 12.3 Å². The molecule has 0 aromatic carbocycles. The normalized spacial score (nSPS) is 9.43. The van der Waals surface area contributed by atoms with Crippen molar-refractivity contribution in [2.75, 3.05) is 0 Å². The minimum atomic E-state index is -1.49. The van der Waals surface area contributed by atoms with Crippen LogP contribution in [0.15, 0.2) is 0 Å². The van der Waals surface area contributed by atoms with Gasteiger partial charge in [-0.25, -0.2) is 0 Å². The van der Waals surface area contributed by atoms with Gasteiger partial charge >= 0.3 is 0 Å². The molecule has 7 heavy (non-hydrogen) atoms. The SMILES string of the molecule is CC(C)[C-](F)F.[W]. The molecule has 0 aliphatic rings. The summed E-state index contributed by atoms with van der Waals surface area (Å²) in [5, 5.41) is 0.